The summed E-state index contributed by atoms with van der Waals surface area (Å²) in [7, 11) is 1.64. The second kappa shape index (κ2) is 5.67. The summed E-state index contributed by atoms with van der Waals surface area (Å²) in [6, 6.07) is 9.60. The maximum absolute atomic E-state index is 11.7. The van der Waals surface area contributed by atoms with Crippen molar-refractivity contribution in [2.75, 3.05) is 13.7 Å². The molecule has 0 saturated carbocycles. The summed E-state index contributed by atoms with van der Waals surface area (Å²) in [5.41, 5.74) is 2.56. The van der Waals surface area contributed by atoms with Crippen LogP contribution < -0.4 is 5.56 Å². The molecule has 0 unspecified atom stereocenters. The van der Waals surface area contributed by atoms with E-state index in [0.29, 0.717) is 17.9 Å². The summed E-state index contributed by atoms with van der Waals surface area (Å²) in [6.45, 7) is 1.11. The second-order valence-electron chi connectivity index (χ2n) is 4.75. The summed E-state index contributed by atoms with van der Waals surface area (Å²) in [6.07, 6.45) is 1.89. The van der Waals surface area contributed by atoms with Gasteiger partial charge in [-0.3, -0.25) is 9.78 Å². The third kappa shape index (κ3) is 2.68. The summed E-state index contributed by atoms with van der Waals surface area (Å²) < 4.78 is 7.40. The molecule has 1 aromatic carbocycles. The van der Waals surface area contributed by atoms with Crippen LogP contribution in [0.15, 0.2) is 41.3 Å². The van der Waals surface area contributed by atoms with E-state index in [0.717, 1.165) is 22.2 Å². The van der Waals surface area contributed by atoms with Crippen molar-refractivity contribution in [1.82, 2.24) is 14.5 Å². The number of aromatic nitrogens is 3. The lowest BCUT2D eigenvalue weighted by Gasteiger charge is -2.13. The number of aromatic amines is 2. The van der Waals surface area contributed by atoms with Crippen LogP contribution in [0.3, 0.4) is 0 Å². The van der Waals surface area contributed by atoms with Gasteiger partial charge in [-0.25, -0.2) is 0 Å². The van der Waals surface area contributed by atoms with Crippen LogP contribution >= 0.6 is 12.2 Å². The summed E-state index contributed by atoms with van der Waals surface area (Å²) in [5, 5.41) is 1.13. The lowest BCUT2D eigenvalue weighted by Crippen LogP contribution is -2.16. The van der Waals surface area contributed by atoms with Gasteiger partial charge in [-0.05, 0) is 29.7 Å². The van der Waals surface area contributed by atoms with Crippen molar-refractivity contribution in [2.24, 2.45) is 0 Å². The van der Waals surface area contributed by atoms with Crippen molar-refractivity contribution >= 4 is 23.1 Å². The van der Waals surface area contributed by atoms with Crippen LogP contribution in [0.4, 0.5) is 0 Å². The predicted octanol–water partition coefficient (Wildman–Crippen LogP) is 2.70. The van der Waals surface area contributed by atoms with E-state index < -0.39 is 0 Å². The number of fused-ring (bicyclic) bond motifs is 1. The van der Waals surface area contributed by atoms with Crippen molar-refractivity contribution in [3.05, 3.63) is 51.7 Å². The molecule has 0 aliphatic rings. The number of hydrogen-bond donors (Lipinski definition) is 2. The molecule has 3 aromatic rings. The standard InChI is InChI=1S/C15H15N3O2S/c1-20-7-6-18-13(9-14(19)17-15(18)21)11-3-2-10-4-5-16-12(10)8-11/h2-5,8-9,16H,6-7H2,1H3,(H,17,19,21). The lowest BCUT2D eigenvalue weighted by molar-refractivity contribution is 0.187. The molecule has 2 N–H and O–H groups in total. The molecular weight excluding hydrogens is 286 g/mol. The molecular formula is C15H15N3O2S. The van der Waals surface area contributed by atoms with E-state index in [4.69, 9.17) is 17.0 Å². The Labute approximate surface area is 126 Å². The number of nitrogens with zero attached hydrogens (tertiary/aromatic N) is 1. The van der Waals surface area contributed by atoms with Gasteiger partial charge in [0.2, 0.25) is 0 Å². The van der Waals surface area contributed by atoms with Crippen LogP contribution in [-0.2, 0) is 11.3 Å². The first-order valence-electron chi connectivity index (χ1n) is 6.59. The summed E-state index contributed by atoms with van der Waals surface area (Å²) >= 11 is 5.26. The van der Waals surface area contributed by atoms with Gasteiger partial charge in [-0.2, -0.15) is 0 Å². The SMILES string of the molecule is COCCn1c(-c2ccc3cc[nH]c3c2)cc(=O)[nH]c1=S. The van der Waals surface area contributed by atoms with Gasteiger partial charge in [0.15, 0.2) is 4.77 Å². The van der Waals surface area contributed by atoms with E-state index >= 15 is 0 Å². The fourth-order valence-electron chi connectivity index (χ4n) is 2.37. The molecule has 0 aliphatic heterocycles. The molecule has 0 bridgehead atoms. The number of ether oxygens (including phenoxy) is 1. The van der Waals surface area contributed by atoms with Crippen LogP contribution in [0.25, 0.3) is 22.2 Å². The molecule has 3 rings (SSSR count). The number of nitrogens with one attached hydrogen (secondary N) is 2. The molecule has 6 heteroatoms. The zero-order valence-electron chi connectivity index (χ0n) is 11.6. The number of benzene rings is 1. The molecule has 0 aliphatic carbocycles. The lowest BCUT2D eigenvalue weighted by atomic mass is 10.1. The molecule has 2 heterocycles. The summed E-state index contributed by atoms with van der Waals surface area (Å²) in [5.74, 6) is 0. The average molecular weight is 301 g/mol. The van der Waals surface area contributed by atoms with Gasteiger partial charge in [-0.1, -0.05) is 12.1 Å². The van der Waals surface area contributed by atoms with E-state index in [9.17, 15) is 4.79 Å². The van der Waals surface area contributed by atoms with Gasteiger partial charge in [0.05, 0.1) is 12.3 Å². The Morgan fingerprint density at radius 3 is 2.95 bits per heavy atom. The first kappa shape index (κ1) is 13.8. The Hall–Kier alpha value is -2.18. The molecule has 2 aromatic heterocycles. The highest BCUT2D eigenvalue weighted by atomic mass is 32.1. The Morgan fingerprint density at radius 1 is 1.29 bits per heavy atom. The highest BCUT2D eigenvalue weighted by Gasteiger charge is 2.08. The van der Waals surface area contributed by atoms with E-state index in [-0.39, 0.29) is 5.56 Å². The van der Waals surface area contributed by atoms with Crippen molar-refractivity contribution in [1.29, 1.82) is 0 Å². The fraction of sp³-hybridized carbons (Fsp3) is 0.200. The number of hydrogen-bond acceptors (Lipinski definition) is 3. The highest BCUT2D eigenvalue weighted by Crippen LogP contribution is 2.23. The topological polar surface area (TPSA) is 62.8 Å². The van der Waals surface area contributed by atoms with Crippen LogP contribution in [0.2, 0.25) is 0 Å². The van der Waals surface area contributed by atoms with Crippen LogP contribution in [0.1, 0.15) is 0 Å². The molecule has 108 valence electrons. The third-order valence-corrected chi connectivity index (χ3v) is 3.73. The van der Waals surface area contributed by atoms with Crippen molar-refractivity contribution in [2.45, 2.75) is 6.54 Å². The smallest absolute Gasteiger partial charge is 0.252 e. The number of H-pyrrole nitrogens is 2. The minimum Gasteiger partial charge on any atom is -0.383 e. The predicted molar refractivity (Wildman–Crippen MR) is 85.1 cm³/mol. The van der Waals surface area contributed by atoms with Crippen molar-refractivity contribution < 1.29 is 4.74 Å². The number of methoxy groups -OCH3 is 1. The Balaban J connectivity index is 2.19. The highest BCUT2D eigenvalue weighted by molar-refractivity contribution is 7.71. The first-order chi connectivity index (χ1) is 10.2. The largest absolute Gasteiger partial charge is 0.383 e. The van der Waals surface area contributed by atoms with Gasteiger partial charge in [0, 0.05) is 37.0 Å². The quantitative estimate of drug-likeness (QED) is 0.728. The van der Waals surface area contributed by atoms with Gasteiger partial charge < -0.3 is 14.3 Å². The van der Waals surface area contributed by atoms with Gasteiger partial charge in [-0.15, -0.1) is 0 Å². The minimum atomic E-state index is -0.199. The molecule has 5 nitrogen and oxygen atoms in total. The average Bonchev–Trinajstić information content (AvgIpc) is 2.93. The minimum absolute atomic E-state index is 0.199. The molecule has 0 saturated heterocycles. The van der Waals surface area contributed by atoms with Gasteiger partial charge in [0.25, 0.3) is 5.56 Å². The molecule has 0 atom stereocenters. The van der Waals surface area contributed by atoms with Crippen molar-refractivity contribution in [3.63, 3.8) is 0 Å². The van der Waals surface area contributed by atoms with Crippen molar-refractivity contribution in [3.8, 4) is 11.3 Å². The summed E-state index contributed by atoms with van der Waals surface area (Å²) in [4.78, 5) is 17.6. The monoisotopic (exact) mass is 301 g/mol. The molecule has 0 spiro atoms. The molecule has 0 fully saturated rings. The first-order valence-corrected chi connectivity index (χ1v) is 7.00. The van der Waals surface area contributed by atoms with E-state index in [1.807, 2.05) is 35.0 Å². The van der Waals surface area contributed by atoms with E-state index in [2.05, 4.69) is 9.97 Å². The zero-order chi connectivity index (χ0) is 14.8. The molecule has 0 amide bonds. The normalized spacial score (nSPS) is 11.1. The Morgan fingerprint density at radius 2 is 2.14 bits per heavy atom. The molecule has 21 heavy (non-hydrogen) atoms. The van der Waals surface area contributed by atoms with Crippen LogP contribution in [0.5, 0.6) is 0 Å². The zero-order valence-corrected chi connectivity index (χ0v) is 12.4. The van der Waals surface area contributed by atoms with E-state index in [1.54, 1.807) is 13.2 Å². The number of rotatable bonds is 4. The van der Waals surface area contributed by atoms with E-state index in [1.165, 1.54) is 0 Å². The maximum atomic E-state index is 11.7. The fourth-order valence-corrected chi connectivity index (χ4v) is 2.66. The van der Waals surface area contributed by atoms with Crippen LogP contribution in [0, 0.1) is 4.77 Å². The van der Waals surface area contributed by atoms with Crippen LogP contribution in [-0.4, -0.2) is 28.3 Å². The third-order valence-electron chi connectivity index (χ3n) is 3.40. The van der Waals surface area contributed by atoms with Gasteiger partial charge >= 0.3 is 0 Å². The molecule has 0 radical (unpaired) electrons. The second-order valence-corrected chi connectivity index (χ2v) is 5.13. The van der Waals surface area contributed by atoms with Gasteiger partial charge in [0.1, 0.15) is 0 Å². The maximum Gasteiger partial charge on any atom is 0.252 e. The Bertz CT molecular complexity index is 892. The Kier molecular flexibility index (Phi) is 3.72.